The van der Waals surface area contributed by atoms with Crippen LogP contribution in [-0.2, 0) is 4.74 Å². The number of rotatable bonds is 1. The van der Waals surface area contributed by atoms with Gasteiger partial charge in [-0.25, -0.2) is 0 Å². The normalized spacial score (nSPS) is 36.5. The van der Waals surface area contributed by atoms with E-state index >= 15 is 0 Å². The van der Waals surface area contributed by atoms with Crippen molar-refractivity contribution in [1.29, 1.82) is 0 Å². The lowest BCUT2D eigenvalue weighted by Crippen LogP contribution is -2.52. The Morgan fingerprint density at radius 3 is 3.00 bits per heavy atom. The van der Waals surface area contributed by atoms with Crippen molar-refractivity contribution < 1.29 is 14.6 Å². The zero-order valence-electron chi connectivity index (χ0n) is 12.0. The zero-order valence-corrected chi connectivity index (χ0v) is 13.6. The number of aliphatic hydroxyl groups excluding tert-OH is 1. The first-order chi connectivity index (χ1) is 9.45. The molecular formula is C16H21BrO3. The number of ether oxygens (including phenoxy) is 2. The predicted molar refractivity (Wildman–Crippen MR) is 81.0 cm³/mol. The molecule has 3 rings (SSSR count). The number of hydrogen-bond acceptors (Lipinski definition) is 3. The quantitative estimate of drug-likeness (QED) is 0.840. The summed E-state index contributed by atoms with van der Waals surface area (Å²) in [6, 6.07) is 5.84. The van der Waals surface area contributed by atoms with Crippen LogP contribution in [0.15, 0.2) is 22.7 Å². The smallest absolute Gasteiger partial charge is 0.127 e. The number of hydrogen-bond donors (Lipinski definition) is 1. The second kappa shape index (κ2) is 5.00. The fourth-order valence-electron chi connectivity index (χ4n) is 3.40. The van der Waals surface area contributed by atoms with Crippen LogP contribution in [0.5, 0.6) is 5.75 Å². The molecule has 1 spiro atoms. The molecule has 0 amide bonds. The molecule has 0 saturated carbocycles. The Morgan fingerprint density at radius 2 is 2.25 bits per heavy atom. The molecule has 0 aliphatic carbocycles. The minimum absolute atomic E-state index is 0.151. The molecule has 1 aromatic carbocycles. The Bertz CT molecular complexity index is 518. The van der Waals surface area contributed by atoms with Crippen molar-refractivity contribution >= 4 is 15.9 Å². The Morgan fingerprint density at radius 1 is 1.45 bits per heavy atom. The monoisotopic (exact) mass is 340 g/mol. The molecule has 110 valence electrons. The summed E-state index contributed by atoms with van der Waals surface area (Å²) in [5.74, 6) is 0.804. The molecule has 2 aliphatic heterocycles. The van der Waals surface area contributed by atoms with E-state index in [0.29, 0.717) is 13.0 Å². The Hall–Kier alpha value is -0.580. The topological polar surface area (TPSA) is 38.7 Å². The molecule has 3 nitrogen and oxygen atoms in total. The Kier molecular flexibility index (Phi) is 3.59. The van der Waals surface area contributed by atoms with E-state index in [1.165, 1.54) is 0 Å². The molecule has 20 heavy (non-hydrogen) atoms. The lowest BCUT2D eigenvalue weighted by atomic mass is 9.76. The predicted octanol–water partition coefficient (Wildman–Crippen LogP) is 3.98. The van der Waals surface area contributed by atoms with Crippen LogP contribution in [0.1, 0.15) is 51.2 Å². The molecule has 1 N–H and O–H groups in total. The molecule has 2 unspecified atom stereocenters. The second-order valence-electron chi connectivity index (χ2n) is 6.27. The minimum atomic E-state index is -0.453. The van der Waals surface area contributed by atoms with E-state index in [4.69, 9.17) is 9.47 Å². The molecule has 1 saturated heterocycles. The van der Waals surface area contributed by atoms with E-state index in [-0.39, 0.29) is 11.2 Å². The largest absolute Gasteiger partial charge is 0.487 e. The van der Waals surface area contributed by atoms with Crippen molar-refractivity contribution in [1.82, 2.24) is 0 Å². The summed E-state index contributed by atoms with van der Waals surface area (Å²) in [4.78, 5) is 0. The third-order valence-corrected chi connectivity index (χ3v) is 5.17. The van der Waals surface area contributed by atoms with Gasteiger partial charge >= 0.3 is 0 Å². The highest BCUT2D eigenvalue weighted by Gasteiger charge is 2.48. The van der Waals surface area contributed by atoms with Crippen molar-refractivity contribution in [3.63, 3.8) is 0 Å². The van der Waals surface area contributed by atoms with E-state index in [9.17, 15) is 5.11 Å². The van der Waals surface area contributed by atoms with Gasteiger partial charge in [-0.2, -0.15) is 0 Å². The van der Waals surface area contributed by atoms with Crippen LogP contribution in [0, 0.1) is 0 Å². The molecule has 2 heterocycles. The van der Waals surface area contributed by atoms with Gasteiger partial charge in [0.15, 0.2) is 0 Å². The Labute approximate surface area is 128 Å². The molecule has 3 atom stereocenters. The third-order valence-electron chi connectivity index (χ3n) is 4.68. The van der Waals surface area contributed by atoms with Crippen LogP contribution in [-0.4, -0.2) is 22.9 Å². The van der Waals surface area contributed by atoms with Crippen LogP contribution in [0.3, 0.4) is 0 Å². The maximum atomic E-state index is 10.5. The van der Waals surface area contributed by atoms with Gasteiger partial charge in [-0.15, -0.1) is 0 Å². The summed E-state index contributed by atoms with van der Waals surface area (Å²) >= 11 is 3.47. The molecule has 4 heteroatoms. The van der Waals surface area contributed by atoms with Crippen LogP contribution < -0.4 is 4.74 Å². The SMILES string of the molecule is CCC1(C)CC2(CCO1)C[C@@H](O)c1ccc(Br)cc1O2. The van der Waals surface area contributed by atoms with Crippen LogP contribution in [0.4, 0.5) is 0 Å². The zero-order chi connectivity index (χ0) is 14.4. The van der Waals surface area contributed by atoms with E-state index in [0.717, 1.165) is 35.0 Å². The maximum absolute atomic E-state index is 10.5. The minimum Gasteiger partial charge on any atom is -0.487 e. The summed E-state index contributed by atoms with van der Waals surface area (Å²) < 4.78 is 13.2. The molecule has 0 aromatic heterocycles. The summed E-state index contributed by atoms with van der Waals surface area (Å²) in [7, 11) is 0. The number of halogens is 1. The van der Waals surface area contributed by atoms with Gasteiger partial charge in [-0.3, -0.25) is 0 Å². The van der Waals surface area contributed by atoms with Crippen LogP contribution >= 0.6 is 15.9 Å². The lowest BCUT2D eigenvalue weighted by Gasteiger charge is -2.49. The van der Waals surface area contributed by atoms with Gasteiger partial charge in [0.05, 0.1) is 18.3 Å². The standard InChI is InChI=1S/C16H21BrO3/c1-3-15(2)10-16(6-7-19-15)9-13(18)12-5-4-11(17)8-14(12)20-16/h4-5,8,13,18H,3,6-7,9-10H2,1-2H3/t13-,15?,16?/m1/s1. The van der Waals surface area contributed by atoms with Crippen molar-refractivity contribution in [2.75, 3.05) is 6.61 Å². The molecule has 0 radical (unpaired) electrons. The summed E-state index contributed by atoms with van der Waals surface area (Å²) in [5, 5.41) is 10.5. The number of aliphatic hydroxyl groups is 1. The summed E-state index contributed by atoms with van der Waals surface area (Å²) in [5.41, 5.74) is 0.445. The Balaban J connectivity index is 1.93. The van der Waals surface area contributed by atoms with Crippen molar-refractivity contribution in [3.05, 3.63) is 28.2 Å². The summed E-state index contributed by atoms with van der Waals surface area (Å²) in [6.45, 7) is 4.98. The highest BCUT2D eigenvalue weighted by Crippen LogP contribution is 2.48. The van der Waals surface area contributed by atoms with Gasteiger partial charge in [-0.1, -0.05) is 28.9 Å². The van der Waals surface area contributed by atoms with Crippen molar-refractivity contribution in [2.24, 2.45) is 0 Å². The van der Waals surface area contributed by atoms with E-state index in [2.05, 4.69) is 29.8 Å². The fourth-order valence-corrected chi connectivity index (χ4v) is 3.74. The molecule has 0 bridgehead atoms. The van der Waals surface area contributed by atoms with E-state index < -0.39 is 6.10 Å². The van der Waals surface area contributed by atoms with Crippen LogP contribution in [0.2, 0.25) is 0 Å². The molecular weight excluding hydrogens is 320 g/mol. The van der Waals surface area contributed by atoms with Gasteiger partial charge in [-0.05, 0) is 25.5 Å². The van der Waals surface area contributed by atoms with Gasteiger partial charge < -0.3 is 14.6 Å². The third kappa shape index (κ3) is 2.49. The first-order valence-corrected chi connectivity index (χ1v) is 8.05. The molecule has 1 fully saturated rings. The average Bonchev–Trinajstić information content (AvgIpc) is 2.37. The first kappa shape index (κ1) is 14.4. The molecule has 1 aromatic rings. The van der Waals surface area contributed by atoms with Gasteiger partial charge in [0.2, 0.25) is 0 Å². The highest BCUT2D eigenvalue weighted by molar-refractivity contribution is 9.10. The highest BCUT2D eigenvalue weighted by atomic mass is 79.9. The van der Waals surface area contributed by atoms with E-state index in [1.807, 2.05) is 18.2 Å². The first-order valence-electron chi connectivity index (χ1n) is 7.26. The van der Waals surface area contributed by atoms with Crippen molar-refractivity contribution in [2.45, 2.75) is 56.8 Å². The van der Waals surface area contributed by atoms with Gasteiger partial charge in [0.1, 0.15) is 11.4 Å². The maximum Gasteiger partial charge on any atom is 0.127 e. The number of benzene rings is 1. The average molecular weight is 341 g/mol. The fraction of sp³-hybridized carbons (Fsp3) is 0.625. The van der Waals surface area contributed by atoms with E-state index in [1.54, 1.807) is 0 Å². The number of fused-ring (bicyclic) bond motifs is 1. The van der Waals surface area contributed by atoms with Crippen LogP contribution in [0.25, 0.3) is 0 Å². The molecule has 2 aliphatic rings. The van der Waals surface area contributed by atoms with Gasteiger partial charge in [0, 0.05) is 29.3 Å². The summed E-state index contributed by atoms with van der Waals surface area (Å²) in [6.07, 6.45) is 2.83. The van der Waals surface area contributed by atoms with Crippen molar-refractivity contribution in [3.8, 4) is 5.75 Å². The van der Waals surface area contributed by atoms with Gasteiger partial charge in [0.25, 0.3) is 0 Å². The second-order valence-corrected chi connectivity index (χ2v) is 7.18. The lowest BCUT2D eigenvalue weighted by molar-refractivity contribution is -0.160.